The average Bonchev–Trinajstić information content (AvgIpc) is 2.53. The summed E-state index contributed by atoms with van der Waals surface area (Å²) in [5.41, 5.74) is 2.25. The van der Waals surface area contributed by atoms with E-state index in [4.69, 9.17) is 4.74 Å². The minimum atomic E-state index is -0.00931. The Balaban J connectivity index is 0.00000144. The fourth-order valence-electron chi connectivity index (χ4n) is 3.45. The number of rotatable bonds is 1. The number of carbonyl (C=O) groups is 1. The molecule has 3 nitrogen and oxygen atoms in total. The number of carbonyl (C=O) groups excluding carboxylic acids is 1. The second-order valence-electron chi connectivity index (χ2n) is 5.68. The molecule has 0 bridgehead atoms. The number of fused-ring (bicyclic) bond motifs is 2. The van der Waals surface area contributed by atoms with Crippen molar-refractivity contribution < 1.29 is 9.53 Å². The van der Waals surface area contributed by atoms with Crippen LogP contribution >= 0.6 is 12.4 Å². The number of para-hydroxylation sites is 2. The van der Waals surface area contributed by atoms with Gasteiger partial charge in [0.2, 0.25) is 0 Å². The molecule has 0 saturated carbocycles. The Morgan fingerprint density at radius 2 is 1.55 bits per heavy atom. The molecular formula is C18H18ClNO2. The van der Waals surface area contributed by atoms with Gasteiger partial charge >= 0.3 is 0 Å². The number of piperidine rings is 1. The molecule has 4 rings (SSSR count). The SMILES string of the molecule is Cl.O=C1CCNCC1C1c2ccccc2Oc2ccccc21. The van der Waals surface area contributed by atoms with Crippen LogP contribution in [-0.2, 0) is 4.79 Å². The van der Waals surface area contributed by atoms with Gasteiger partial charge in [-0.25, -0.2) is 0 Å². The van der Waals surface area contributed by atoms with Gasteiger partial charge in [0.15, 0.2) is 0 Å². The van der Waals surface area contributed by atoms with Crippen molar-refractivity contribution in [3.63, 3.8) is 0 Å². The maximum atomic E-state index is 12.4. The molecule has 0 aromatic heterocycles. The van der Waals surface area contributed by atoms with E-state index in [1.165, 1.54) is 0 Å². The zero-order valence-corrected chi connectivity index (χ0v) is 12.9. The van der Waals surface area contributed by atoms with E-state index in [0.717, 1.165) is 35.7 Å². The zero-order valence-electron chi connectivity index (χ0n) is 12.1. The molecule has 2 aromatic rings. The van der Waals surface area contributed by atoms with E-state index in [0.29, 0.717) is 12.2 Å². The lowest BCUT2D eigenvalue weighted by Gasteiger charge is -2.35. The van der Waals surface area contributed by atoms with Crippen LogP contribution in [0.1, 0.15) is 23.5 Å². The number of hydrogen-bond donors (Lipinski definition) is 1. The first-order chi connectivity index (χ1) is 10.3. The molecule has 1 N–H and O–H groups in total. The van der Waals surface area contributed by atoms with E-state index in [-0.39, 0.29) is 24.2 Å². The number of ketones is 1. The lowest BCUT2D eigenvalue weighted by Crippen LogP contribution is -2.41. The van der Waals surface area contributed by atoms with Gasteiger partial charge in [0.05, 0.1) is 0 Å². The highest BCUT2D eigenvalue weighted by Gasteiger charge is 2.37. The van der Waals surface area contributed by atoms with Crippen LogP contribution in [0.25, 0.3) is 0 Å². The summed E-state index contributed by atoms with van der Waals surface area (Å²) in [6, 6.07) is 16.1. The summed E-state index contributed by atoms with van der Waals surface area (Å²) in [4.78, 5) is 12.4. The zero-order chi connectivity index (χ0) is 14.2. The van der Waals surface area contributed by atoms with Crippen molar-refractivity contribution in [3.05, 3.63) is 59.7 Å². The van der Waals surface area contributed by atoms with E-state index in [2.05, 4.69) is 17.4 Å². The molecule has 1 atom stereocenters. The number of halogens is 1. The van der Waals surface area contributed by atoms with Crippen LogP contribution in [0, 0.1) is 5.92 Å². The summed E-state index contributed by atoms with van der Waals surface area (Å²) in [7, 11) is 0. The Kier molecular flexibility index (Phi) is 4.19. The molecule has 2 aliphatic rings. The van der Waals surface area contributed by atoms with E-state index in [9.17, 15) is 4.79 Å². The largest absolute Gasteiger partial charge is 0.457 e. The van der Waals surface area contributed by atoms with Gasteiger partial charge in [-0.15, -0.1) is 12.4 Å². The topological polar surface area (TPSA) is 38.3 Å². The third-order valence-corrected chi connectivity index (χ3v) is 4.46. The van der Waals surface area contributed by atoms with E-state index in [1.54, 1.807) is 0 Å². The highest BCUT2D eigenvalue weighted by atomic mass is 35.5. The average molecular weight is 316 g/mol. The van der Waals surface area contributed by atoms with E-state index >= 15 is 0 Å². The second kappa shape index (κ2) is 6.11. The highest BCUT2D eigenvalue weighted by molar-refractivity contribution is 5.85. The predicted octanol–water partition coefficient (Wildman–Crippen LogP) is 3.52. The molecule has 4 heteroatoms. The molecule has 2 aromatic carbocycles. The third-order valence-electron chi connectivity index (χ3n) is 4.46. The lowest BCUT2D eigenvalue weighted by molar-refractivity contribution is -0.124. The van der Waals surface area contributed by atoms with Gasteiger partial charge in [-0.1, -0.05) is 36.4 Å². The molecule has 2 aliphatic heterocycles. The summed E-state index contributed by atoms with van der Waals surface area (Å²) < 4.78 is 6.00. The molecule has 0 amide bonds. The van der Waals surface area contributed by atoms with Crippen LogP contribution in [-0.4, -0.2) is 18.9 Å². The van der Waals surface area contributed by atoms with Gasteiger partial charge in [0.25, 0.3) is 0 Å². The van der Waals surface area contributed by atoms with Crippen LogP contribution in [0.5, 0.6) is 11.5 Å². The smallest absolute Gasteiger partial charge is 0.139 e. The highest BCUT2D eigenvalue weighted by Crippen LogP contribution is 2.47. The lowest BCUT2D eigenvalue weighted by atomic mass is 9.75. The second-order valence-corrected chi connectivity index (χ2v) is 5.68. The van der Waals surface area contributed by atoms with Crippen molar-refractivity contribution >= 4 is 18.2 Å². The first-order valence-corrected chi connectivity index (χ1v) is 7.44. The summed E-state index contributed by atoms with van der Waals surface area (Å²) in [5.74, 6) is 2.18. The molecule has 22 heavy (non-hydrogen) atoms. The van der Waals surface area contributed by atoms with Gasteiger partial charge in [0, 0.05) is 42.5 Å². The Labute approximate surface area is 136 Å². The summed E-state index contributed by atoms with van der Waals surface area (Å²) >= 11 is 0. The van der Waals surface area contributed by atoms with Crippen LogP contribution in [0.15, 0.2) is 48.5 Å². The molecule has 0 spiro atoms. The van der Waals surface area contributed by atoms with Gasteiger partial charge in [-0.2, -0.15) is 0 Å². The first kappa shape index (κ1) is 15.1. The third kappa shape index (κ3) is 2.40. The monoisotopic (exact) mass is 315 g/mol. The number of benzene rings is 2. The summed E-state index contributed by atoms with van der Waals surface area (Å²) in [6.45, 7) is 1.54. The first-order valence-electron chi connectivity index (χ1n) is 7.44. The van der Waals surface area contributed by atoms with Crippen molar-refractivity contribution in [2.45, 2.75) is 12.3 Å². The number of Topliss-reactive ketones (excluding diaryl/α,β-unsaturated/α-hetero) is 1. The maximum absolute atomic E-state index is 12.4. The molecular weight excluding hydrogens is 298 g/mol. The van der Waals surface area contributed by atoms with Crippen molar-refractivity contribution in [2.75, 3.05) is 13.1 Å². The Morgan fingerprint density at radius 1 is 0.955 bits per heavy atom. The summed E-state index contributed by atoms with van der Waals surface area (Å²) in [5, 5.41) is 3.36. The Morgan fingerprint density at radius 3 is 2.14 bits per heavy atom. The van der Waals surface area contributed by atoms with Gasteiger partial charge in [-0.05, 0) is 12.1 Å². The fourth-order valence-corrected chi connectivity index (χ4v) is 3.45. The molecule has 0 aliphatic carbocycles. The molecule has 1 unspecified atom stereocenters. The van der Waals surface area contributed by atoms with Crippen molar-refractivity contribution in [1.29, 1.82) is 0 Å². The predicted molar refractivity (Wildman–Crippen MR) is 88.0 cm³/mol. The normalized spacial score (nSPS) is 20.4. The Hall–Kier alpha value is -1.84. The van der Waals surface area contributed by atoms with E-state index < -0.39 is 0 Å². The van der Waals surface area contributed by atoms with Crippen LogP contribution in [0.4, 0.5) is 0 Å². The molecule has 1 saturated heterocycles. The van der Waals surface area contributed by atoms with Gasteiger partial charge in [0.1, 0.15) is 17.3 Å². The number of nitrogens with one attached hydrogen (secondary N) is 1. The van der Waals surface area contributed by atoms with Crippen LogP contribution in [0.2, 0.25) is 0 Å². The quantitative estimate of drug-likeness (QED) is 0.875. The van der Waals surface area contributed by atoms with Gasteiger partial charge < -0.3 is 10.1 Å². The molecule has 0 radical (unpaired) electrons. The van der Waals surface area contributed by atoms with Crippen LogP contribution < -0.4 is 10.1 Å². The van der Waals surface area contributed by atoms with Crippen LogP contribution in [0.3, 0.4) is 0 Å². The van der Waals surface area contributed by atoms with E-state index in [1.807, 2.05) is 36.4 Å². The minimum Gasteiger partial charge on any atom is -0.457 e. The summed E-state index contributed by atoms with van der Waals surface area (Å²) in [6.07, 6.45) is 0.617. The van der Waals surface area contributed by atoms with Crippen molar-refractivity contribution in [1.82, 2.24) is 5.32 Å². The maximum Gasteiger partial charge on any atom is 0.139 e. The molecule has 1 fully saturated rings. The fraction of sp³-hybridized carbons (Fsp3) is 0.278. The number of hydrogen-bond acceptors (Lipinski definition) is 3. The van der Waals surface area contributed by atoms with Crippen molar-refractivity contribution in [3.8, 4) is 11.5 Å². The number of ether oxygens (including phenoxy) is 1. The minimum absolute atomic E-state index is 0. The Bertz CT molecular complexity index is 655. The molecule has 114 valence electrons. The molecule has 2 heterocycles. The standard InChI is InChI=1S/C18H17NO2.ClH/c20-15-9-10-19-11-14(15)18-12-5-1-3-7-16(12)21-17-8-4-2-6-13(17)18;/h1-8,14,18-19H,9-11H2;1H. The van der Waals surface area contributed by atoms with Gasteiger partial charge in [-0.3, -0.25) is 4.79 Å². The van der Waals surface area contributed by atoms with Crippen molar-refractivity contribution in [2.24, 2.45) is 5.92 Å².